The minimum Gasteiger partial charge on any atom is -0.463 e. The van der Waals surface area contributed by atoms with E-state index in [-0.39, 0.29) is 36.7 Å². The molecule has 4 rings (SSSR count). The molecule has 33 heavy (non-hydrogen) atoms. The molecule has 1 aromatic carbocycles. The number of amidine groups is 1. The van der Waals surface area contributed by atoms with Gasteiger partial charge in [-0.3, -0.25) is 0 Å². The molecule has 7 nitrogen and oxygen atoms in total. The van der Waals surface area contributed by atoms with Gasteiger partial charge in [0.05, 0.1) is 24.4 Å². The Bertz CT molecular complexity index is 1020. The molecular formula is C23H26F3N3O4. The van der Waals surface area contributed by atoms with Crippen molar-refractivity contribution in [3.63, 3.8) is 0 Å². The standard InChI is InChI=1S/C23H26F3N3O4/c1-4-33-22(30)15-9-14-10-18(26)21(28-8-7-23(13-28,31-2)32-3)27-20(14)29(12-15)19-6-5-16(24)11-17(19)25/h5-6,10-12,18,20H,4,7-9,13H2,1-3H3. The zero-order chi connectivity index (χ0) is 23.8. The van der Waals surface area contributed by atoms with E-state index in [4.69, 9.17) is 14.2 Å². The van der Waals surface area contributed by atoms with Crippen LogP contribution in [-0.2, 0) is 19.0 Å². The van der Waals surface area contributed by atoms with Gasteiger partial charge in [-0.15, -0.1) is 0 Å². The lowest BCUT2D eigenvalue weighted by molar-refractivity contribution is -0.193. The van der Waals surface area contributed by atoms with Crippen molar-refractivity contribution in [2.75, 3.05) is 38.8 Å². The first kappa shape index (κ1) is 23.3. The van der Waals surface area contributed by atoms with E-state index in [9.17, 15) is 13.6 Å². The van der Waals surface area contributed by atoms with Gasteiger partial charge in [0.25, 0.3) is 0 Å². The van der Waals surface area contributed by atoms with Crippen LogP contribution in [0, 0.1) is 11.6 Å². The fraction of sp³-hybridized carbons (Fsp3) is 0.478. The van der Waals surface area contributed by atoms with Crippen molar-refractivity contribution in [3.05, 3.63) is 53.3 Å². The van der Waals surface area contributed by atoms with Crippen LogP contribution in [0.3, 0.4) is 0 Å². The summed E-state index contributed by atoms with van der Waals surface area (Å²) in [5, 5.41) is 0. The van der Waals surface area contributed by atoms with Crippen LogP contribution >= 0.6 is 0 Å². The van der Waals surface area contributed by atoms with Crippen LogP contribution in [0.5, 0.6) is 0 Å². The van der Waals surface area contributed by atoms with Gasteiger partial charge in [0.2, 0.25) is 0 Å². The fourth-order valence-electron chi connectivity index (χ4n) is 4.39. The highest BCUT2D eigenvalue weighted by Crippen LogP contribution is 2.37. The monoisotopic (exact) mass is 465 g/mol. The lowest BCUT2D eigenvalue weighted by Crippen LogP contribution is -2.46. The molecule has 0 aromatic heterocycles. The molecule has 3 heterocycles. The van der Waals surface area contributed by atoms with E-state index in [0.717, 1.165) is 12.1 Å². The molecule has 3 aliphatic rings. The SMILES string of the molecule is CCOC(=O)C1=CN(c2ccc(F)cc2F)C2N=C(N3CCC(OC)(OC)C3)C(F)C=C2C1. The van der Waals surface area contributed by atoms with Gasteiger partial charge in [0.1, 0.15) is 23.6 Å². The van der Waals surface area contributed by atoms with Crippen LogP contribution in [0.2, 0.25) is 0 Å². The van der Waals surface area contributed by atoms with Crippen molar-refractivity contribution in [2.24, 2.45) is 4.99 Å². The summed E-state index contributed by atoms with van der Waals surface area (Å²) in [6, 6.07) is 3.13. The van der Waals surface area contributed by atoms with Gasteiger partial charge in [-0.25, -0.2) is 23.0 Å². The number of methoxy groups -OCH3 is 2. The van der Waals surface area contributed by atoms with Crippen LogP contribution in [0.25, 0.3) is 0 Å². The van der Waals surface area contributed by atoms with E-state index >= 15 is 4.39 Å². The van der Waals surface area contributed by atoms with Crippen molar-refractivity contribution in [1.29, 1.82) is 0 Å². The highest BCUT2D eigenvalue weighted by Gasteiger charge is 2.43. The van der Waals surface area contributed by atoms with Crippen molar-refractivity contribution >= 4 is 17.5 Å². The molecule has 0 bridgehead atoms. The number of halogens is 3. The summed E-state index contributed by atoms with van der Waals surface area (Å²) in [6.07, 6.45) is 1.14. The lowest BCUT2D eigenvalue weighted by atomic mass is 9.94. The normalized spacial score (nSPS) is 24.1. The Hall–Kier alpha value is -2.85. The van der Waals surface area contributed by atoms with E-state index in [1.165, 1.54) is 37.5 Å². The molecular weight excluding hydrogens is 439 g/mol. The highest BCUT2D eigenvalue weighted by atomic mass is 19.1. The summed E-state index contributed by atoms with van der Waals surface area (Å²) in [5.41, 5.74) is 0.733. The smallest absolute Gasteiger partial charge is 0.335 e. The lowest BCUT2D eigenvalue weighted by Gasteiger charge is -2.39. The van der Waals surface area contributed by atoms with E-state index in [1.54, 1.807) is 11.8 Å². The van der Waals surface area contributed by atoms with Gasteiger partial charge in [-0.1, -0.05) is 0 Å². The number of hydrogen-bond donors (Lipinski definition) is 0. The molecule has 2 atom stereocenters. The molecule has 0 amide bonds. The van der Waals surface area contributed by atoms with Gasteiger partial charge in [-0.05, 0) is 30.7 Å². The second kappa shape index (κ2) is 9.18. The number of fused-ring (bicyclic) bond motifs is 1. The predicted octanol–water partition coefficient (Wildman–Crippen LogP) is 3.32. The van der Waals surface area contributed by atoms with E-state index < -0.39 is 35.7 Å². The number of carbonyl (C=O) groups excluding carboxylic acids is 1. The molecule has 178 valence electrons. The van der Waals surface area contributed by atoms with Gasteiger partial charge in [-0.2, -0.15) is 0 Å². The predicted molar refractivity (Wildman–Crippen MR) is 115 cm³/mol. The molecule has 1 fully saturated rings. The number of likely N-dealkylation sites (tertiary alicyclic amines) is 1. The van der Waals surface area contributed by atoms with Crippen molar-refractivity contribution in [2.45, 2.75) is 37.9 Å². The van der Waals surface area contributed by atoms with Crippen molar-refractivity contribution in [1.82, 2.24) is 4.90 Å². The molecule has 0 aliphatic carbocycles. The topological polar surface area (TPSA) is 63.6 Å². The second-order valence-electron chi connectivity index (χ2n) is 8.05. The Morgan fingerprint density at radius 2 is 2.03 bits per heavy atom. The average Bonchev–Trinajstić information content (AvgIpc) is 3.23. The van der Waals surface area contributed by atoms with Crippen LogP contribution in [-0.4, -0.2) is 68.7 Å². The average molecular weight is 465 g/mol. The summed E-state index contributed by atoms with van der Waals surface area (Å²) >= 11 is 0. The number of benzene rings is 1. The first-order chi connectivity index (χ1) is 15.8. The quantitative estimate of drug-likeness (QED) is 0.378. The van der Waals surface area contributed by atoms with Crippen molar-refractivity contribution < 1.29 is 32.2 Å². The van der Waals surface area contributed by atoms with Crippen molar-refractivity contribution in [3.8, 4) is 0 Å². The number of aliphatic imine (C=N–C) groups is 1. The molecule has 0 spiro atoms. The number of rotatable bonds is 5. The Morgan fingerprint density at radius 3 is 2.67 bits per heavy atom. The van der Waals surface area contributed by atoms with Gasteiger partial charge in [0, 0.05) is 45.9 Å². The van der Waals surface area contributed by atoms with Gasteiger partial charge >= 0.3 is 5.97 Å². The summed E-state index contributed by atoms with van der Waals surface area (Å²) in [7, 11) is 3.06. The maximum atomic E-state index is 15.3. The summed E-state index contributed by atoms with van der Waals surface area (Å²) in [6.45, 7) is 2.58. The molecule has 1 saturated heterocycles. The Morgan fingerprint density at radius 1 is 1.27 bits per heavy atom. The molecule has 3 aliphatic heterocycles. The second-order valence-corrected chi connectivity index (χ2v) is 8.05. The first-order valence-corrected chi connectivity index (χ1v) is 10.7. The largest absolute Gasteiger partial charge is 0.463 e. The summed E-state index contributed by atoms with van der Waals surface area (Å²) < 4.78 is 59.6. The number of nitrogens with zero attached hydrogens (tertiary/aromatic N) is 3. The molecule has 0 N–H and O–H groups in total. The van der Waals surface area contributed by atoms with Crippen LogP contribution in [0.4, 0.5) is 18.9 Å². The summed E-state index contributed by atoms with van der Waals surface area (Å²) in [4.78, 5) is 20.2. The first-order valence-electron chi connectivity index (χ1n) is 10.7. The maximum Gasteiger partial charge on any atom is 0.335 e. The minimum absolute atomic E-state index is 0.0127. The third kappa shape index (κ3) is 4.37. The van der Waals surface area contributed by atoms with E-state index in [0.29, 0.717) is 18.5 Å². The number of anilines is 1. The number of hydrogen-bond acceptors (Lipinski definition) is 7. The highest BCUT2D eigenvalue weighted by molar-refractivity contribution is 5.93. The Kier molecular flexibility index (Phi) is 6.49. The van der Waals surface area contributed by atoms with E-state index in [1.807, 2.05) is 0 Å². The number of alkyl halides is 1. The van der Waals surface area contributed by atoms with Gasteiger partial charge in [0.15, 0.2) is 12.0 Å². The molecule has 2 unspecified atom stereocenters. The zero-order valence-electron chi connectivity index (χ0n) is 18.7. The number of dihydropyridines is 1. The minimum atomic E-state index is -1.53. The molecule has 0 saturated carbocycles. The van der Waals surface area contributed by atoms with Crippen LogP contribution in [0.1, 0.15) is 19.8 Å². The number of carbonyl (C=O) groups is 1. The summed E-state index contributed by atoms with van der Waals surface area (Å²) in [5.74, 6) is -2.84. The third-order valence-corrected chi connectivity index (χ3v) is 6.13. The van der Waals surface area contributed by atoms with Crippen LogP contribution < -0.4 is 4.90 Å². The van der Waals surface area contributed by atoms with E-state index in [2.05, 4.69) is 4.99 Å². The maximum absolute atomic E-state index is 15.3. The number of ether oxygens (including phenoxy) is 3. The number of esters is 1. The van der Waals surface area contributed by atoms with Crippen LogP contribution in [0.15, 0.2) is 46.6 Å². The molecule has 10 heteroatoms. The Labute approximate surface area is 190 Å². The fourth-order valence-corrected chi connectivity index (χ4v) is 4.39. The zero-order valence-corrected chi connectivity index (χ0v) is 18.7. The Balaban J connectivity index is 1.74. The third-order valence-electron chi connectivity index (χ3n) is 6.13. The molecule has 1 aromatic rings. The van der Waals surface area contributed by atoms with Gasteiger partial charge < -0.3 is 24.0 Å². The molecule has 0 radical (unpaired) electrons.